The Hall–Kier alpha value is -0.370. The van der Waals surface area contributed by atoms with Crippen LogP contribution < -0.4 is 5.32 Å². The lowest BCUT2D eigenvalue weighted by Gasteiger charge is -2.37. The van der Waals surface area contributed by atoms with Gasteiger partial charge in [-0.1, -0.05) is 46.0 Å². The van der Waals surface area contributed by atoms with Crippen molar-refractivity contribution in [1.82, 2.24) is 5.32 Å². The molecule has 0 spiro atoms. The summed E-state index contributed by atoms with van der Waals surface area (Å²) in [5.74, 6) is 1.02. The molecule has 0 aromatic heterocycles. The lowest BCUT2D eigenvalue weighted by Crippen LogP contribution is -2.46. The Kier molecular flexibility index (Phi) is 6.18. The highest BCUT2D eigenvalue weighted by Gasteiger charge is 2.32. The molecule has 2 nitrogen and oxygen atoms in total. The van der Waals surface area contributed by atoms with Gasteiger partial charge < -0.3 is 5.32 Å². The molecule has 100 valence electrons. The third-order valence-electron chi connectivity index (χ3n) is 4.23. The van der Waals surface area contributed by atoms with E-state index in [0.29, 0.717) is 11.7 Å². The quantitative estimate of drug-likeness (QED) is 0.734. The van der Waals surface area contributed by atoms with E-state index >= 15 is 0 Å². The monoisotopic (exact) mass is 239 g/mol. The molecular formula is C15H29NO. The van der Waals surface area contributed by atoms with Crippen LogP contribution in [0.5, 0.6) is 0 Å². The second kappa shape index (κ2) is 7.15. The van der Waals surface area contributed by atoms with Crippen LogP contribution in [0.1, 0.15) is 71.6 Å². The molecule has 0 heterocycles. The second-order valence-corrected chi connectivity index (χ2v) is 5.90. The third kappa shape index (κ3) is 4.79. The van der Waals surface area contributed by atoms with Crippen LogP contribution >= 0.6 is 0 Å². The van der Waals surface area contributed by atoms with Gasteiger partial charge in [-0.25, -0.2) is 0 Å². The van der Waals surface area contributed by atoms with Crippen molar-refractivity contribution in [2.24, 2.45) is 5.92 Å². The van der Waals surface area contributed by atoms with Crippen molar-refractivity contribution in [3.8, 4) is 0 Å². The van der Waals surface area contributed by atoms with Crippen LogP contribution in [0.4, 0.5) is 0 Å². The third-order valence-corrected chi connectivity index (χ3v) is 4.23. The Morgan fingerprint density at radius 1 is 1.29 bits per heavy atom. The molecule has 17 heavy (non-hydrogen) atoms. The van der Waals surface area contributed by atoms with Crippen LogP contribution in [-0.2, 0) is 4.79 Å². The van der Waals surface area contributed by atoms with E-state index in [9.17, 15) is 4.79 Å². The number of Topliss-reactive ketones (excluding diaryl/α,β-unsaturated/α-hetero) is 1. The van der Waals surface area contributed by atoms with Gasteiger partial charge in [-0.05, 0) is 25.8 Å². The standard InChI is InChI=1S/C15H29NO/c1-4-8-13(2)11-14(17)12-15(16-3)9-6-5-7-10-15/h13,16H,4-12H2,1-3H3. The molecule has 1 aliphatic rings. The SMILES string of the molecule is CCCC(C)CC(=O)CC1(NC)CCCCC1. The Balaban J connectivity index is 2.41. The molecule has 2 heteroatoms. The lowest BCUT2D eigenvalue weighted by molar-refractivity contribution is -0.121. The van der Waals surface area contributed by atoms with Crippen LogP contribution in [-0.4, -0.2) is 18.4 Å². The number of hydrogen-bond donors (Lipinski definition) is 1. The first-order valence-corrected chi connectivity index (χ1v) is 7.32. The molecule has 0 bridgehead atoms. The molecule has 1 N–H and O–H groups in total. The van der Waals surface area contributed by atoms with E-state index in [0.717, 1.165) is 12.8 Å². The summed E-state index contributed by atoms with van der Waals surface area (Å²) in [5.41, 5.74) is 0.126. The van der Waals surface area contributed by atoms with Crippen LogP contribution in [0.25, 0.3) is 0 Å². The maximum absolute atomic E-state index is 12.1. The number of nitrogens with one attached hydrogen (secondary N) is 1. The predicted molar refractivity (Wildman–Crippen MR) is 73.2 cm³/mol. The van der Waals surface area contributed by atoms with E-state index in [1.807, 2.05) is 7.05 Å². The maximum atomic E-state index is 12.1. The molecule has 1 atom stereocenters. The summed E-state index contributed by atoms with van der Waals surface area (Å²) >= 11 is 0. The minimum absolute atomic E-state index is 0.126. The molecule has 0 saturated heterocycles. The summed E-state index contributed by atoms with van der Waals surface area (Å²) in [6, 6.07) is 0. The molecular weight excluding hydrogens is 210 g/mol. The van der Waals surface area contributed by atoms with E-state index in [1.165, 1.54) is 44.9 Å². The highest BCUT2D eigenvalue weighted by atomic mass is 16.1. The van der Waals surface area contributed by atoms with Gasteiger partial charge in [-0.15, -0.1) is 0 Å². The van der Waals surface area contributed by atoms with Gasteiger partial charge in [0.05, 0.1) is 0 Å². The van der Waals surface area contributed by atoms with E-state index in [4.69, 9.17) is 0 Å². The second-order valence-electron chi connectivity index (χ2n) is 5.90. The van der Waals surface area contributed by atoms with Crippen molar-refractivity contribution in [3.63, 3.8) is 0 Å². The van der Waals surface area contributed by atoms with Gasteiger partial charge in [0.2, 0.25) is 0 Å². The summed E-state index contributed by atoms with van der Waals surface area (Å²) in [6.45, 7) is 4.39. The summed E-state index contributed by atoms with van der Waals surface area (Å²) < 4.78 is 0. The average molecular weight is 239 g/mol. The van der Waals surface area contributed by atoms with Gasteiger partial charge in [0.25, 0.3) is 0 Å². The molecule has 1 fully saturated rings. The van der Waals surface area contributed by atoms with Crippen LogP contribution in [0, 0.1) is 5.92 Å². The van der Waals surface area contributed by atoms with Crippen molar-refractivity contribution in [1.29, 1.82) is 0 Å². The van der Waals surface area contributed by atoms with Crippen molar-refractivity contribution >= 4 is 5.78 Å². The van der Waals surface area contributed by atoms with Gasteiger partial charge in [0.1, 0.15) is 5.78 Å². The zero-order valence-electron chi connectivity index (χ0n) is 11.8. The maximum Gasteiger partial charge on any atom is 0.135 e. The van der Waals surface area contributed by atoms with Gasteiger partial charge in [0.15, 0.2) is 0 Å². The fourth-order valence-corrected chi connectivity index (χ4v) is 3.18. The minimum atomic E-state index is 0.126. The fourth-order valence-electron chi connectivity index (χ4n) is 3.18. The topological polar surface area (TPSA) is 29.1 Å². The number of hydrogen-bond acceptors (Lipinski definition) is 2. The molecule has 1 saturated carbocycles. The number of carbonyl (C=O) groups is 1. The summed E-state index contributed by atoms with van der Waals surface area (Å²) in [7, 11) is 2.02. The van der Waals surface area contributed by atoms with Crippen molar-refractivity contribution < 1.29 is 4.79 Å². The highest BCUT2D eigenvalue weighted by Crippen LogP contribution is 2.31. The van der Waals surface area contributed by atoms with E-state index in [-0.39, 0.29) is 5.54 Å². The molecule has 1 aliphatic carbocycles. The van der Waals surface area contributed by atoms with Gasteiger partial charge >= 0.3 is 0 Å². The zero-order chi connectivity index (χ0) is 12.7. The first-order valence-electron chi connectivity index (χ1n) is 7.32. The molecule has 1 rings (SSSR count). The summed E-state index contributed by atoms with van der Waals surface area (Å²) in [5, 5.41) is 3.43. The zero-order valence-corrected chi connectivity index (χ0v) is 11.8. The van der Waals surface area contributed by atoms with E-state index < -0.39 is 0 Å². The molecule has 0 aromatic rings. The van der Waals surface area contributed by atoms with E-state index in [2.05, 4.69) is 19.2 Å². The first-order chi connectivity index (χ1) is 8.12. The molecule has 0 amide bonds. The Bertz CT molecular complexity index is 231. The Morgan fingerprint density at radius 2 is 1.94 bits per heavy atom. The summed E-state index contributed by atoms with van der Waals surface area (Å²) in [6.07, 6.45) is 10.1. The number of carbonyl (C=O) groups excluding carboxylic acids is 1. The number of ketones is 1. The molecule has 0 aliphatic heterocycles. The smallest absolute Gasteiger partial charge is 0.135 e. The molecule has 1 unspecified atom stereocenters. The summed E-state index contributed by atoms with van der Waals surface area (Å²) in [4.78, 5) is 12.1. The Labute approximate surface area is 107 Å². The van der Waals surface area contributed by atoms with Crippen molar-refractivity contribution in [2.75, 3.05) is 7.05 Å². The van der Waals surface area contributed by atoms with Crippen molar-refractivity contribution in [3.05, 3.63) is 0 Å². The van der Waals surface area contributed by atoms with Gasteiger partial charge in [-0.3, -0.25) is 4.79 Å². The van der Waals surface area contributed by atoms with Crippen molar-refractivity contribution in [2.45, 2.75) is 77.2 Å². The average Bonchev–Trinajstić information content (AvgIpc) is 2.30. The Morgan fingerprint density at radius 3 is 2.47 bits per heavy atom. The highest BCUT2D eigenvalue weighted by molar-refractivity contribution is 5.79. The number of rotatable bonds is 7. The lowest BCUT2D eigenvalue weighted by atomic mass is 9.77. The molecule has 0 radical (unpaired) electrons. The van der Waals surface area contributed by atoms with Crippen LogP contribution in [0.15, 0.2) is 0 Å². The predicted octanol–water partition coefficient (Wildman–Crippen LogP) is 3.69. The fraction of sp³-hybridized carbons (Fsp3) is 0.933. The van der Waals surface area contributed by atoms with E-state index in [1.54, 1.807) is 0 Å². The minimum Gasteiger partial charge on any atom is -0.314 e. The van der Waals surface area contributed by atoms with Crippen LogP contribution in [0.2, 0.25) is 0 Å². The first kappa shape index (κ1) is 14.7. The van der Waals surface area contributed by atoms with Gasteiger partial charge in [0, 0.05) is 18.4 Å². The van der Waals surface area contributed by atoms with Gasteiger partial charge in [-0.2, -0.15) is 0 Å². The van der Waals surface area contributed by atoms with Crippen LogP contribution in [0.3, 0.4) is 0 Å². The normalized spacial score (nSPS) is 21.1. The largest absolute Gasteiger partial charge is 0.314 e. The molecule has 0 aromatic carbocycles.